The summed E-state index contributed by atoms with van der Waals surface area (Å²) in [4.78, 5) is 6.99. The molecule has 2 saturated heterocycles. The van der Waals surface area contributed by atoms with Gasteiger partial charge in [0.2, 0.25) is 0 Å². The highest BCUT2D eigenvalue weighted by atomic mass is 16.5. The molecule has 128 valence electrons. The predicted octanol–water partition coefficient (Wildman–Crippen LogP) is 3.54. The fraction of sp³-hybridized carbons (Fsp3) is 0.550. The number of rotatable bonds is 5. The van der Waals surface area contributed by atoms with Gasteiger partial charge >= 0.3 is 0 Å². The Balaban J connectivity index is 1.69. The lowest BCUT2D eigenvalue weighted by molar-refractivity contribution is 0.0594. The fourth-order valence-corrected chi connectivity index (χ4v) is 4.82. The van der Waals surface area contributed by atoms with E-state index in [4.69, 9.17) is 4.74 Å². The first-order chi connectivity index (χ1) is 11.7. The quantitative estimate of drug-likeness (QED) is 0.913. The Kier molecular flexibility index (Phi) is 4.19. The third-order valence-corrected chi connectivity index (χ3v) is 5.86. The van der Waals surface area contributed by atoms with Crippen LogP contribution in [-0.4, -0.2) is 40.2 Å². The molecule has 0 saturated carbocycles. The Labute approximate surface area is 143 Å². The number of hydrogen-bond donors (Lipinski definition) is 1. The van der Waals surface area contributed by atoms with Crippen molar-refractivity contribution in [1.29, 1.82) is 0 Å². The van der Waals surface area contributed by atoms with E-state index >= 15 is 0 Å². The predicted molar refractivity (Wildman–Crippen MR) is 95.2 cm³/mol. The Morgan fingerprint density at radius 1 is 1.33 bits per heavy atom. The van der Waals surface area contributed by atoms with E-state index in [1.54, 1.807) is 6.20 Å². The molecule has 4 heteroatoms. The molecule has 2 aliphatic heterocycles. The van der Waals surface area contributed by atoms with E-state index in [-0.39, 0.29) is 6.04 Å². The van der Waals surface area contributed by atoms with Crippen LogP contribution < -0.4 is 4.74 Å². The molecule has 0 spiro atoms. The van der Waals surface area contributed by atoms with Gasteiger partial charge in [0, 0.05) is 23.7 Å². The SMILES string of the molecule is CCOc1ccc2nccc([C@H](O)[C@@H]3C[C@H]4CCN3[C@@H]4CC)c2c1. The summed E-state index contributed by atoms with van der Waals surface area (Å²) < 4.78 is 5.64. The monoisotopic (exact) mass is 326 g/mol. The number of fused-ring (bicyclic) bond motifs is 3. The minimum absolute atomic E-state index is 0.232. The molecule has 2 aromatic rings. The molecule has 2 bridgehead atoms. The molecule has 4 nitrogen and oxygen atoms in total. The van der Waals surface area contributed by atoms with Crippen molar-refractivity contribution in [3.8, 4) is 5.75 Å². The molecular formula is C20H26N2O2. The first-order valence-corrected chi connectivity index (χ1v) is 9.18. The number of nitrogens with zero attached hydrogens (tertiary/aromatic N) is 2. The van der Waals surface area contributed by atoms with E-state index in [9.17, 15) is 5.11 Å². The molecule has 1 aromatic heterocycles. The second kappa shape index (κ2) is 6.34. The first-order valence-electron chi connectivity index (χ1n) is 9.18. The second-order valence-corrected chi connectivity index (χ2v) is 7.02. The molecule has 0 radical (unpaired) electrons. The van der Waals surface area contributed by atoms with Gasteiger partial charge in [-0.25, -0.2) is 0 Å². The van der Waals surface area contributed by atoms with Gasteiger partial charge in [-0.2, -0.15) is 0 Å². The van der Waals surface area contributed by atoms with Gasteiger partial charge in [-0.05, 0) is 68.5 Å². The number of pyridine rings is 1. The maximum Gasteiger partial charge on any atom is 0.120 e. The van der Waals surface area contributed by atoms with Crippen LogP contribution in [0.2, 0.25) is 0 Å². The van der Waals surface area contributed by atoms with E-state index < -0.39 is 6.10 Å². The summed E-state index contributed by atoms with van der Waals surface area (Å²) in [6.45, 7) is 6.01. The zero-order valence-corrected chi connectivity index (χ0v) is 14.5. The van der Waals surface area contributed by atoms with Gasteiger partial charge in [0.25, 0.3) is 0 Å². The highest BCUT2D eigenvalue weighted by Crippen LogP contribution is 2.45. The van der Waals surface area contributed by atoms with E-state index in [1.165, 1.54) is 12.8 Å². The average molecular weight is 326 g/mol. The number of aliphatic hydroxyl groups excluding tert-OH is 1. The van der Waals surface area contributed by atoms with Crippen molar-refractivity contribution in [1.82, 2.24) is 9.88 Å². The maximum atomic E-state index is 11.2. The van der Waals surface area contributed by atoms with Crippen molar-refractivity contribution in [2.45, 2.75) is 51.3 Å². The summed E-state index contributed by atoms with van der Waals surface area (Å²) in [6.07, 6.45) is 4.91. The molecule has 3 heterocycles. The number of benzene rings is 1. The summed E-state index contributed by atoms with van der Waals surface area (Å²) >= 11 is 0. The highest BCUT2D eigenvalue weighted by Gasteiger charge is 2.47. The van der Waals surface area contributed by atoms with Crippen molar-refractivity contribution in [3.05, 3.63) is 36.0 Å². The zero-order valence-electron chi connectivity index (χ0n) is 14.5. The zero-order chi connectivity index (χ0) is 16.7. The Morgan fingerprint density at radius 2 is 2.21 bits per heavy atom. The molecular weight excluding hydrogens is 300 g/mol. The number of aromatic nitrogens is 1. The van der Waals surface area contributed by atoms with Gasteiger partial charge < -0.3 is 9.84 Å². The van der Waals surface area contributed by atoms with Gasteiger partial charge in [-0.15, -0.1) is 0 Å². The topological polar surface area (TPSA) is 45.6 Å². The van der Waals surface area contributed by atoms with Gasteiger partial charge in [-0.3, -0.25) is 9.88 Å². The molecule has 2 fully saturated rings. The summed E-state index contributed by atoms with van der Waals surface area (Å²) in [5, 5.41) is 12.2. The van der Waals surface area contributed by atoms with E-state index in [1.807, 2.05) is 31.2 Å². The summed E-state index contributed by atoms with van der Waals surface area (Å²) in [6, 6.07) is 8.79. The Hall–Kier alpha value is -1.65. The van der Waals surface area contributed by atoms with Crippen molar-refractivity contribution in [3.63, 3.8) is 0 Å². The first kappa shape index (κ1) is 15.9. The van der Waals surface area contributed by atoms with Gasteiger partial charge in [-0.1, -0.05) is 6.92 Å². The second-order valence-electron chi connectivity index (χ2n) is 7.02. The minimum Gasteiger partial charge on any atom is -0.494 e. The van der Waals surface area contributed by atoms with Gasteiger partial charge in [0.1, 0.15) is 5.75 Å². The molecule has 0 amide bonds. The minimum atomic E-state index is -0.466. The molecule has 24 heavy (non-hydrogen) atoms. The van der Waals surface area contributed by atoms with Crippen LogP contribution in [0.4, 0.5) is 0 Å². The van der Waals surface area contributed by atoms with Crippen LogP contribution >= 0.6 is 0 Å². The van der Waals surface area contributed by atoms with Crippen LogP contribution in [0.25, 0.3) is 10.9 Å². The van der Waals surface area contributed by atoms with Crippen LogP contribution in [0.5, 0.6) is 5.75 Å². The molecule has 5 atom stereocenters. The molecule has 0 aliphatic carbocycles. The van der Waals surface area contributed by atoms with Crippen molar-refractivity contribution >= 4 is 10.9 Å². The standard InChI is InChI=1S/C20H26N2O2/c1-3-18-13-8-10-22(18)19(11-13)20(23)15-7-9-21-17-6-5-14(24-4-2)12-16(15)17/h5-7,9,12-13,18-20,23H,3-4,8,10-11H2,1-2H3/t13-,18-,19+,20+/m1/s1. The Bertz CT molecular complexity index is 733. The van der Waals surface area contributed by atoms with E-state index in [0.717, 1.165) is 41.1 Å². The largest absolute Gasteiger partial charge is 0.494 e. The molecule has 1 N–H and O–H groups in total. The van der Waals surface area contributed by atoms with Gasteiger partial charge in [0.15, 0.2) is 0 Å². The molecule has 4 rings (SSSR count). The third kappa shape index (κ3) is 2.49. The van der Waals surface area contributed by atoms with Gasteiger partial charge in [0.05, 0.1) is 18.2 Å². The smallest absolute Gasteiger partial charge is 0.120 e. The summed E-state index contributed by atoms with van der Waals surface area (Å²) in [5.41, 5.74) is 1.90. The van der Waals surface area contributed by atoms with Crippen LogP contribution in [0, 0.1) is 5.92 Å². The lowest BCUT2D eigenvalue weighted by Gasteiger charge is -2.31. The van der Waals surface area contributed by atoms with Crippen molar-refractivity contribution in [2.75, 3.05) is 13.2 Å². The fourth-order valence-electron chi connectivity index (χ4n) is 4.82. The van der Waals surface area contributed by atoms with Crippen LogP contribution in [0.3, 0.4) is 0 Å². The van der Waals surface area contributed by atoms with Crippen molar-refractivity contribution < 1.29 is 9.84 Å². The number of aliphatic hydroxyl groups is 1. The number of hydrogen-bond acceptors (Lipinski definition) is 4. The molecule has 2 aliphatic rings. The Morgan fingerprint density at radius 3 is 2.96 bits per heavy atom. The summed E-state index contributed by atoms with van der Waals surface area (Å²) in [7, 11) is 0. The third-order valence-electron chi connectivity index (χ3n) is 5.86. The number of piperidine rings is 1. The van der Waals surface area contributed by atoms with Crippen LogP contribution in [0.1, 0.15) is 44.8 Å². The summed E-state index contributed by atoms with van der Waals surface area (Å²) in [5.74, 6) is 1.59. The van der Waals surface area contributed by atoms with Crippen molar-refractivity contribution in [2.24, 2.45) is 5.92 Å². The van der Waals surface area contributed by atoms with E-state index in [2.05, 4.69) is 16.8 Å². The lowest BCUT2D eigenvalue weighted by Crippen LogP contribution is -2.38. The van der Waals surface area contributed by atoms with E-state index in [0.29, 0.717) is 12.6 Å². The molecule has 1 unspecified atom stereocenters. The number of ether oxygens (including phenoxy) is 1. The lowest BCUT2D eigenvalue weighted by atomic mass is 9.90. The average Bonchev–Trinajstić information content (AvgIpc) is 3.18. The highest BCUT2D eigenvalue weighted by molar-refractivity contribution is 5.84. The molecule has 1 aromatic carbocycles. The van der Waals surface area contributed by atoms with Crippen LogP contribution in [-0.2, 0) is 0 Å². The van der Waals surface area contributed by atoms with Crippen LogP contribution in [0.15, 0.2) is 30.5 Å². The normalized spacial score (nSPS) is 30.0. The maximum absolute atomic E-state index is 11.2.